The smallest absolute Gasteiger partial charge is 0.0571 e. The van der Waals surface area contributed by atoms with E-state index >= 15 is 0 Å². The van der Waals surface area contributed by atoms with Crippen molar-refractivity contribution < 1.29 is 5.11 Å². The summed E-state index contributed by atoms with van der Waals surface area (Å²) in [6, 6.07) is 10.8. The maximum absolute atomic E-state index is 10.3. The van der Waals surface area contributed by atoms with Gasteiger partial charge < -0.3 is 5.11 Å². The fourth-order valence-electron chi connectivity index (χ4n) is 3.62. The van der Waals surface area contributed by atoms with E-state index in [1.807, 2.05) is 0 Å². The predicted octanol–water partition coefficient (Wildman–Crippen LogP) is 4.37. The van der Waals surface area contributed by atoms with Crippen LogP contribution in [0.5, 0.6) is 0 Å². The fourth-order valence-corrected chi connectivity index (χ4v) is 3.62. The van der Waals surface area contributed by atoms with Gasteiger partial charge in [-0.1, -0.05) is 57.0 Å². The van der Waals surface area contributed by atoms with Crippen LogP contribution in [-0.2, 0) is 0 Å². The molecule has 1 aliphatic rings. The van der Waals surface area contributed by atoms with Gasteiger partial charge in [0.1, 0.15) is 0 Å². The number of hydrogen-bond donors (Lipinski definition) is 1. The molecule has 1 aromatic carbocycles. The van der Waals surface area contributed by atoms with E-state index in [1.54, 1.807) is 0 Å². The van der Waals surface area contributed by atoms with E-state index in [0.29, 0.717) is 17.8 Å². The lowest BCUT2D eigenvalue weighted by molar-refractivity contribution is 0.0268. The van der Waals surface area contributed by atoms with Crippen molar-refractivity contribution in [3.8, 4) is 0 Å². The summed E-state index contributed by atoms with van der Waals surface area (Å²) in [6.45, 7) is 4.51. The first kappa shape index (κ1) is 13.6. The van der Waals surface area contributed by atoms with Gasteiger partial charge in [0.05, 0.1) is 6.10 Å². The van der Waals surface area contributed by atoms with Crippen LogP contribution in [0.3, 0.4) is 0 Å². The molecule has 1 nitrogen and oxygen atoms in total. The van der Waals surface area contributed by atoms with E-state index in [1.165, 1.54) is 18.4 Å². The van der Waals surface area contributed by atoms with Crippen molar-refractivity contribution in [2.45, 2.75) is 58.0 Å². The Labute approximate surface area is 111 Å². The van der Waals surface area contributed by atoms with Crippen molar-refractivity contribution in [2.24, 2.45) is 11.8 Å². The molecule has 1 N–H and O–H groups in total. The minimum Gasteiger partial charge on any atom is -0.393 e. The molecule has 0 heterocycles. The second-order valence-electron chi connectivity index (χ2n) is 5.73. The molecule has 0 aromatic heterocycles. The topological polar surface area (TPSA) is 20.2 Å². The van der Waals surface area contributed by atoms with E-state index in [4.69, 9.17) is 0 Å². The summed E-state index contributed by atoms with van der Waals surface area (Å²) in [5, 5.41) is 10.3. The number of aliphatic hydroxyl groups excluding tert-OH is 1. The molecule has 1 aliphatic carbocycles. The summed E-state index contributed by atoms with van der Waals surface area (Å²) in [6.07, 6.45) is 5.59. The average molecular weight is 246 g/mol. The lowest BCUT2D eigenvalue weighted by Crippen LogP contribution is -2.33. The Morgan fingerprint density at radius 3 is 2.39 bits per heavy atom. The summed E-state index contributed by atoms with van der Waals surface area (Å²) in [5.74, 6) is 1.84. The molecule has 1 heteroatoms. The van der Waals surface area contributed by atoms with E-state index in [0.717, 1.165) is 19.3 Å². The van der Waals surface area contributed by atoms with Crippen LogP contribution in [0.1, 0.15) is 57.4 Å². The Kier molecular flexibility index (Phi) is 4.82. The highest BCUT2D eigenvalue weighted by atomic mass is 16.3. The monoisotopic (exact) mass is 246 g/mol. The van der Waals surface area contributed by atoms with Crippen molar-refractivity contribution in [1.82, 2.24) is 0 Å². The first-order chi connectivity index (χ1) is 8.76. The summed E-state index contributed by atoms with van der Waals surface area (Å²) in [5.41, 5.74) is 1.46. The zero-order valence-electron chi connectivity index (χ0n) is 11.7. The molecular formula is C17H26O. The van der Waals surface area contributed by atoms with Gasteiger partial charge in [0.25, 0.3) is 0 Å². The van der Waals surface area contributed by atoms with Gasteiger partial charge in [0.15, 0.2) is 0 Å². The third-order valence-corrected chi connectivity index (χ3v) is 4.79. The Bertz CT molecular complexity index is 342. The maximum atomic E-state index is 10.3. The lowest BCUT2D eigenvalue weighted by atomic mass is 9.70. The number of aliphatic hydroxyl groups is 1. The van der Waals surface area contributed by atoms with Gasteiger partial charge in [-0.15, -0.1) is 0 Å². The zero-order chi connectivity index (χ0) is 13.0. The minimum absolute atomic E-state index is 0.0742. The SMILES string of the molecule is CCC(CC)C1CC(c2ccccc2)CCC1O. The largest absolute Gasteiger partial charge is 0.393 e. The van der Waals surface area contributed by atoms with Gasteiger partial charge in [-0.2, -0.15) is 0 Å². The Morgan fingerprint density at radius 1 is 1.11 bits per heavy atom. The third kappa shape index (κ3) is 2.95. The second kappa shape index (κ2) is 6.38. The molecule has 3 atom stereocenters. The van der Waals surface area contributed by atoms with E-state index in [2.05, 4.69) is 44.2 Å². The summed E-state index contributed by atoms with van der Waals surface area (Å²) < 4.78 is 0. The zero-order valence-corrected chi connectivity index (χ0v) is 11.7. The molecule has 0 bridgehead atoms. The van der Waals surface area contributed by atoms with Crippen LogP contribution in [0.4, 0.5) is 0 Å². The quantitative estimate of drug-likeness (QED) is 0.836. The Morgan fingerprint density at radius 2 is 1.78 bits per heavy atom. The van der Waals surface area contributed by atoms with Crippen LogP contribution in [0.2, 0.25) is 0 Å². The second-order valence-corrected chi connectivity index (χ2v) is 5.73. The molecule has 100 valence electrons. The van der Waals surface area contributed by atoms with Gasteiger partial charge >= 0.3 is 0 Å². The van der Waals surface area contributed by atoms with Gasteiger partial charge in [-0.25, -0.2) is 0 Å². The standard InChI is InChI=1S/C17H26O/c1-3-13(4-2)16-12-15(10-11-17(16)18)14-8-6-5-7-9-14/h5-9,13,15-18H,3-4,10-12H2,1-2H3. The molecule has 2 rings (SSSR count). The van der Waals surface area contributed by atoms with Gasteiger partial charge in [0.2, 0.25) is 0 Å². The van der Waals surface area contributed by atoms with E-state index in [-0.39, 0.29) is 6.10 Å². The van der Waals surface area contributed by atoms with Crippen molar-refractivity contribution in [1.29, 1.82) is 0 Å². The predicted molar refractivity (Wildman–Crippen MR) is 76.6 cm³/mol. The number of rotatable bonds is 4. The molecule has 0 radical (unpaired) electrons. The van der Waals surface area contributed by atoms with E-state index < -0.39 is 0 Å². The molecule has 0 spiro atoms. The van der Waals surface area contributed by atoms with Crippen molar-refractivity contribution in [2.75, 3.05) is 0 Å². The van der Waals surface area contributed by atoms with Crippen molar-refractivity contribution in [3.05, 3.63) is 35.9 Å². The molecule has 0 amide bonds. The highest BCUT2D eigenvalue weighted by Crippen LogP contribution is 2.41. The van der Waals surface area contributed by atoms with Crippen LogP contribution >= 0.6 is 0 Å². The summed E-state index contributed by atoms with van der Waals surface area (Å²) in [4.78, 5) is 0. The number of benzene rings is 1. The average Bonchev–Trinajstić information content (AvgIpc) is 2.43. The Hall–Kier alpha value is -0.820. The van der Waals surface area contributed by atoms with Crippen LogP contribution in [-0.4, -0.2) is 11.2 Å². The van der Waals surface area contributed by atoms with E-state index in [9.17, 15) is 5.11 Å². The highest BCUT2D eigenvalue weighted by molar-refractivity contribution is 5.20. The number of hydrogen-bond acceptors (Lipinski definition) is 1. The molecule has 3 unspecified atom stereocenters. The first-order valence-corrected chi connectivity index (χ1v) is 7.49. The highest BCUT2D eigenvalue weighted by Gasteiger charge is 2.33. The molecule has 1 saturated carbocycles. The van der Waals surface area contributed by atoms with Crippen LogP contribution < -0.4 is 0 Å². The fraction of sp³-hybridized carbons (Fsp3) is 0.647. The normalized spacial score (nSPS) is 28.6. The lowest BCUT2D eigenvalue weighted by Gasteiger charge is -2.38. The molecule has 1 fully saturated rings. The van der Waals surface area contributed by atoms with Crippen LogP contribution in [0.25, 0.3) is 0 Å². The maximum Gasteiger partial charge on any atom is 0.0571 e. The molecule has 1 aromatic rings. The first-order valence-electron chi connectivity index (χ1n) is 7.49. The Balaban J connectivity index is 2.09. The van der Waals surface area contributed by atoms with Gasteiger partial charge in [-0.3, -0.25) is 0 Å². The van der Waals surface area contributed by atoms with Crippen LogP contribution in [0.15, 0.2) is 30.3 Å². The third-order valence-electron chi connectivity index (χ3n) is 4.79. The van der Waals surface area contributed by atoms with Gasteiger partial charge in [0, 0.05) is 0 Å². The van der Waals surface area contributed by atoms with Crippen molar-refractivity contribution in [3.63, 3.8) is 0 Å². The van der Waals surface area contributed by atoms with Crippen LogP contribution in [0, 0.1) is 11.8 Å². The molecule has 18 heavy (non-hydrogen) atoms. The molecule has 0 saturated heterocycles. The molecule has 0 aliphatic heterocycles. The minimum atomic E-state index is -0.0742. The van der Waals surface area contributed by atoms with Crippen molar-refractivity contribution >= 4 is 0 Å². The summed E-state index contributed by atoms with van der Waals surface area (Å²) >= 11 is 0. The summed E-state index contributed by atoms with van der Waals surface area (Å²) in [7, 11) is 0. The molecular weight excluding hydrogens is 220 g/mol. The van der Waals surface area contributed by atoms with Gasteiger partial charge in [-0.05, 0) is 42.6 Å².